The fourth-order valence-electron chi connectivity index (χ4n) is 5.69. The van der Waals surface area contributed by atoms with Crippen molar-refractivity contribution in [3.8, 4) is 16.9 Å². The first-order valence-corrected chi connectivity index (χ1v) is 14.8. The van der Waals surface area contributed by atoms with E-state index < -0.39 is 11.6 Å². The van der Waals surface area contributed by atoms with Crippen molar-refractivity contribution in [3.05, 3.63) is 53.6 Å². The number of hydrogen-bond donors (Lipinski definition) is 0. The van der Waals surface area contributed by atoms with Crippen molar-refractivity contribution >= 4 is 0 Å². The van der Waals surface area contributed by atoms with Gasteiger partial charge in [0.2, 0.25) is 5.82 Å². The lowest BCUT2D eigenvalue weighted by atomic mass is 9.77. The second-order valence-electron chi connectivity index (χ2n) is 10.9. The van der Waals surface area contributed by atoms with Crippen LogP contribution in [0.15, 0.2) is 36.4 Å². The van der Waals surface area contributed by atoms with E-state index in [1.807, 2.05) is 12.1 Å². The van der Waals surface area contributed by atoms with Crippen molar-refractivity contribution in [1.29, 1.82) is 0 Å². The number of halogens is 2. The van der Waals surface area contributed by atoms with E-state index >= 15 is 0 Å². The van der Waals surface area contributed by atoms with Gasteiger partial charge < -0.3 is 4.74 Å². The molecule has 1 saturated carbocycles. The minimum atomic E-state index is -0.878. The van der Waals surface area contributed by atoms with Gasteiger partial charge in [0.05, 0.1) is 6.61 Å². The van der Waals surface area contributed by atoms with Gasteiger partial charge in [-0.05, 0) is 67.2 Å². The summed E-state index contributed by atoms with van der Waals surface area (Å²) in [6, 6.07) is 11.3. The summed E-state index contributed by atoms with van der Waals surface area (Å²) in [6.07, 6.45) is 20.1. The molecule has 1 aliphatic carbocycles. The van der Waals surface area contributed by atoms with E-state index in [1.165, 1.54) is 95.5 Å². The highest BCUT2D eigenvalue weighted by Gasteiger charge is 2.22. The molecule has 1 nitrogen and oxygen atoms in total. The average Bonchev–Trinajstić information content (AvgIpc) is 2.91. The molecule has 0 saturated heterocycles. The maximum absolute atomic E-state index is 14.9. The minimum absolute atomic E-state index is 0.0188. The smallest absolute Gasteiger partial charge is 0.201 e. The van der Waals surface area contributed by atoms with Crippen molar-refractivity contribution in [1.82, 2.24) is 0 Å². The van der Waals surface area contributed by atoms with Crippen molar-refractivity contribution in [2.45, 2.75) is 122 Å². The molecule has 0 amide bonds. The van der Waals surface area contributed by atoms with Gasteiger partial charge in [0, 0.05) is 5.56 Å². The molecule has 0 aliphatic heterocycles. The highest BCUT2D eigenvalue weighted by Crippen LogP contribution is 2.39. The van der Waals surface area contributed by atoms with Crippen molar-refractivity contribution in [2.24, 2.45) is 5.92 Å². The van der Waals surface area contributed by atoms with Gasteiger partial charge in [-0.15, -0.1) is 0 Å². The predicted octanol–water partition coefficient (Wildman–Crippen LogP) is 11.0. The molecule has 1 fully saturated rings. The standard InChI is InChI=1S/C33H48F2O/c1-3-5-7-9-10-11-13-25-36-31-24-23-30(32(34)33(31)35)29-21-19-28(20-22-29)27-17-15-26(16-18-27)14-12-8-6-4-2/h19-24,26-27H,3-18,25H2,1-2H3. The maximum atomic E-state index is 14.9. The molecule has 0 N–H and O–H groups in total. The van der Waals surface area contributed by atoms with Gasteiger partial charge in [0.1, 0.15) is 0 Å². The summed E-state index contributed by atoms with van der Waals surface area (Å²) in [5.74, 6) is -0.193. The molecule has 0 aromatic heterocycles. The van der Waals surface area contributed by atoms with E-state index in [2.05, 4.69) is 26.0 Å². The number of unbranched alkanes of at least 4 members (excludes halogenated alkanes) is 9. The molecule has 36 heavy (non-hydrogen) atoms. The fraction of sp³-hybridized carbons (Fsp3) is 0.636. The first-order chi connectivity index (χ1) is 17.6. The van der Waals surface area contributed by atoms with E-state index in [0.717, 1.165) is 24.3 Å². The molecule has 0 spiro atoms. The highest BCUT2D eigenvalue weighted by atomic mass is 19.2. The fourth-order valence-corrected chi connectivity index (χ4v) is 5.69. The minimum Gasteiger partial charge on any atom is -0.490 e. The average molecular weight is 499 g/mol. The molecule has 0 unspecified atom stereocenters. The van der Waals surface area contributed by atoms with Gasteiger partial charge in [-0.1, -0.05) is 109 Å². The van der Waals surface area contributed by atoms with Crippen LogP contribution in [0.2, 0.25) is 0 Å². The quantitative estimate of drug-likeness (QED) is 0.209. The maximum Gasteiger partial charge on any atom is 0.201 e. The first-order valence-electron chi connectivity index (χ1n) is 14.8. The third-order valence-electron chi connectivity index (χ3n) is 8.06. The predicted molar refractivity (Wildman–Crippen MR) is 149 cm³/mol. The molecule has 0 radical (unpaired) electrons. The van der Waals surface area contributed by atoms with Crippen LogP contribution in [0.4, 0.5) is 8.78 Å². The zero-order valence-electron chi connectivity index (χ0n) is 22.8. The Bertz CT molecular complexity index is 868. The van der Waals surface area contributed by atoms with Crippen LogP contribution in [-0.2, 0) is 0 Å². The Hall–Kier alpha value is -1.90. The van der Waals surface area contributed by atoms with E-state index in [0.29, 0.717) is 18.1 Å². The Balaban J connectivity index is 1.47. The van der Waals surface area contributed by atoms with Gasteiger partial charge >= 0.3 is 0 Å². The molecular weight excluding hydrogens is 450 g/mol. The Morgan fingerprint density at radius 3 is 1.94 bits per heavy atom. The Morgan fingerprint density at radius 1 is 0.667 bits per heavy atom. The molecule has 2 aromatic rings. The van der Waals surface area contributed by atoms with Gasteiger partial charge in [-0.2, -0.15) is 4.39 Å². The first kappa shape index (κ1) is 28.7. The Kier molecular flexibility index (Phi) is 12.8. The SMILES string of the molecule is CCCCCCCCCOc1ccc(-c2ccc(C3CCC(CCCCCC)CC3)cc2)c(F)c1F. The number of rotatable bonds is 16. The molecule has 0 heterocycles. The van der Waals surface area contributed by atoms with Gasteiger partial charge in [-0.25, -0.2) is 4.39 Å². The van der Waals surface area contributed by atoms with Crippen molar-refractivity contribution in [2.75, 3.05) is 6.61 Å². The largest absolute Gasteiger partial charge is 0.490 e. The topological polar surface area (TPSA) is 9.23 Å². The van der Waals surface area contributed by atoms with Crippen LogP contribution in [-0.4, -0.2) is 6.61 Å². The van der Waals surface area contributed by atoms with Gasteiger partial charge in [-0.3, -0.25) is 0 Å². The molecule has 3 rings (SSSR count). The monoisotopic (exact) mass is 498 g/mol. The van der Waals surface area contributed by atoms with Crippen LogP contribution >= 0.6 is 0 Å². The molecule has 0 bridgehead atoms. The third kappa shape index (κ3) is 8.89. The molecule has 200 valence electrons. The zero-order valence-corrected chi connectivity index (χ0v) is 22.8. The lowest BCUT2D eigenvalue weighted by Crippen LogP contribution is -2.13. The van der Waals surface area contributed by atoms with Crippen LogP contribution in [0, 0.1) is 17.6 Å². The second-order valence-corrected chi connectivity index (χ2v) is 10.9. The van der Waals surface area contributed by atoms with Crippen LogP contribution in [0.25, 0.3) is 11.1 Å². The van der Waals surface area contributed by atoms with Crippen molar-refractivity contribution in [3.63, 3.8) is 0 Å². The summed E-state index contributed by atoms with van der Waals surface area (Å²) in [4.78, 5) is 0. The third-order valence-corrected chi connectivity index (χ3v) is 8.06. The molecule has 0 atom stereocenters. The molecule has 1 aliphatic rings. The van der Waals surface area contributed by atoms with Gasteiger partial charge in [0.15, 0.2) is 11.6 Å². The van der Waals surface area contributed by atoms with E-state index in [1.54, 1.807) is 12.1 Å². The van der Waals surface area contributed by atoms with Crippen LogP contribution in [0.3, 0.4) is 0 Å². The zero-order chi connectivity index (χ0) is 25.6. The summed E-state index contributed by atoms with van der Waals surface area (Å²) >= 11 is 0. The molecular formula is C33H48F2O. The summed E-state index contributed by atoms with van der Waals surface area (Å²) in [7, 11) is 0. The lowest BCUT2D eigenvalue weighted by Gasteiger charge is -2.29. The summed E-state index contributed by atoms with van der Waals surface area (Å²) in [5, 5.41) is 0. The summed E-state index contributed by atoms with van der Waals surface area (Å²) in [6.45, 7) is 4.91. The van der Waals surface area contributed by atoms with Crippen molar-refractivity contribution < 1.29 is 13.5 Å². The molecule has 2 aromatic carbocycles. The summed E-state index contributed by atoms with van der Waals surface area (Å²) < 4.78 is 35.2. The summed E-state index contributed by atoms with van der Waals surface area (Å²) in [5.41, 5.74) is 2.36. The molecule has 3 heteroatoms. The lowest BCUT2D eigenvalue weighted by molar-refractivity contribution is 0.285. The normalized spacial score (nSPS) is 17.9. The number of benzene rings is 2. The Labute approximate surface area is 219 Å². The van der Waals surface area contributed by atoms with Crippen LogP contribution in [0.5, 0.6) is 5.75 Å². The highest BCUT2D eigenvalue weighted by molar-refractivity contribution is 5.65. The Morgan fingerprint density at radius 2 is 1.28 bits per heavy atom. The van der Waals surface area contributed by atoms with Crippen LogP contribution < -0.4 is 4.74 Å². The number of hydrogen-bond acceptors (Lipinski definition) is 1. The van der Waals surface area contributed by atoms with E-state index in [-0.39, 0.29) is 5.75 Å². The van der Waals surface area contributed by atoms with E-state index in [4.69, 9.17) is 4.74 Å². The van der Waals surface area contributed by atoms with Gasteiger partial charge in [0.25, 0.3) is 0 Å². The van der Waals surface area contributed by atoms with Crippen LogP contribution in [0.1, 0.15) is 128 Å². The second kappa shape index (κ2) is 16.0. The van der Waals surface area contributed by atoms with E-state index in [9.17, 15) is 8.78 Å². The number of ether oxygens (including phenoxy) is 1.